The molecule has 0 aliphatic rings. The second kappa shape index (κ2) is 6.74. The highest BCUT2D eigenvalue weighted by atomic mass is 16.5. The summed E-state index contributed by atoms with van der Waals surface area (Å²) >= 11 is 0. The lowest BCUT2D eigenvalue weighted by molar-refractivity contribution is -0.137. The minimum Gasteiger partial charge on any atom is -0.463 e. The molecule has 0 amide bonds. The number of nitrogen functional groups attached to an aromatic ring is 1. The first-order chi connectivity index (χ1) is 8.13. The predicted molar refractivity (Wildman–Crippen MR) is 70.5 cm³/mol. The maximum absolute atomic E-state index is 11.3. The number of carbonyl (C=O) groups is 1. The Morgan fingerprint density at radius 3 is 2.88 bits per heavy atom. The summed E-state index contributed by atoms with van der Waals surface area (Å²) in [4.78, 5) is 11.3. The zero-order valence-electron chi connectivity index (χ0n) is 10.4. The standard InChI is InChI=1S/C14H19NO2/c1-3-4-9-17-14(16)8-6-12-5-7-13(15)11(2)10-12/h5-8,10H,3-4,9,15H2,1-2H3/b8-6+. The van der Waals surface area contributed by atoms with Crippen molar-refractivity contribution in [3.05, 3.63) is 35.4 Å². The molecule has 0 atom stereocenters. The Bertz CT molecular complexity index is 411. The minimum atomic E-state index is -0.298. The molecule has 92 valence electrons. The summed E-state index contributed by atoms with van der Waals surface area (Å²) in [5.74, 6) is -0.298. The molecule has 0 bridgehead atoms. The summed E-state index contributed by atoms with van der Waals surface area (Å²) in [6.45, 7) is 4.48. The number of nitrogens with two attached hydrogens (primary N) is 1. The van der Waals surface area contributed by atoms with Gasteiger partial charge in [-0.15, -0.1) is 0 Å². The third kappa shape index (κ3) is 4.72. The lowest BCUT2D eigenvalue weighted by Gasteiger charge is -2.01. The van der Waals surface area contributed by atoms with E-state index >= 15 is 0 Å². The van der Waals surface area contributed by atoms with Gasteiger partial charge in [-0.05, 0) is 42.7 Å². The van der Waals surface area contributed by atoms with Gasteiger partial charge in [-0.1, -0.05) is 19.4 Å². The first-order valence-corrected chi connectivity index (χ1v) is 5.84. The topological polar surface area (TPSA) is 52.3 Å². The van der Waals surface area contributed by atoms with Crippen molar-refractivity contribution in [1.29, 1.82) is 0 Å². The van der Waals surface area contributed by atoms with Crippen LogP contribution in [0.4, 0.5) is 5.69 Å². The number of anilines is 1. The SMILES string of the molecule is CCCCOC(=O)/C=C/c1ccc(N)c(C)c1. The van der Waals surface area contributed by atoms with Crippen molar-refractivity contribution in [2.45, 2.75) is 26.7 Å². The Labute approximate surface area is 102 Å². The minimum absolute atomic E-state index is 0.298. The molecule has 1 rings (SSSR count). The molecule has 0 unspecified atom stereocenters. The molecule has 0 aliphatic carbocycles. The molecule has 0 heterocycles. The van der Waals surface area contributed by atoms with E-state index in [1.54, 1.807) is 6.08 Å². The number of ether oxygens (including phenoxy) is 1. The third-order valence-electron chi connectivity index (χ3n) is 2.45. The number of hydrogen-bond acceptors (Lipinski definition) is 3. The zero-order valence-corrected chi connectivity index (χ0v) is 10.4. The summed E-state index contributed by atoms with van der Waals surface area (Å²) in [6, 6.07) is 5.64. The average Bonchev–Trinajstić information content (AvgIpc) is 2.31. The number of carbonyl (C=O) groups excluding carboxylic acids is 1. The van der Waals surface area contributed by atoms with Gasteiger partial charge in [0.15, 0.2) is 0 Å². The summed E-state index contributed by atoms with van der Waals surface area (Å²) in [5, 5.41) is 0. The van der Waals surface area contributed by atoms with E-state index in [0.29, 0.717) is 6.61 Å². The van der Waals surface area contributed by atoms with Crippen molar-refractivity contribution in [3.8, 4) is 0 Å². The third-order valence-corrected chi connectivity index (χ3v) is 2.45. The van der Waals surface area contributed by atoms with Crippen LogP contribution >= 0.6 is 0 Å². The van der Waals surface area contributed by atoms with E-state index in [2.05, 4.69) is 6.92 Å². The zero-order chi connectivity index (χ0) is 12.7. The Balaban J connectivity index is 2.52. The quantitative estimate of drug-likeness (QED) is 0.368. The van der Waals surface area contributed by atoms with Crippen LogP contribution in [0.25, 0.3) is 6.08 Å². The van der Waals surface area contributed by atoms with Crippen LogP contribution in [-0.2, 0) is 9.53 Å². The van der Waals surface area contributed by atoms with E-state index in [4.69, 9.17) is 10.5 Å². The van der Waals surface area contributed by atoms with Crippen molar-refractivity contribution in [1.82, 2.24) is 0 Å². The fourth-order valence-electron chi connectivity index (χ4n) is 1.33. The smallest absolute Gasteiger partial charge is 0.330 e. The molecule has 17 heavy (non-hydrogen) atoms. The molecule has 0 saturated heterocycles. The predicted octanol–water partition coefficient (Wildman–Crippen LogP) is 2.93. The molecule has 1 aromatic rings. The van der Waals surface area contributed by atoms with Crippen LogP contribution in [0.15, 0.2) is 24.3 Å². The number of rotatable bonds is 5. The van der Waals surface area contributed by atoms with E-state index in [9.17, 15) is 4.79 Å². The van der Waals surface area contributed by atoms with Gasteiger partial charge in [-0.25, -0.2) is 4.79 Å². The summed E-state index contributed by atoms with van der Waals surface area (Å²) in [5.41, 5.74) is 8.42. The summed E-state index contributed by atoms with van der Waals surface area (Å²) < 4.78 is 5.01. The van der Waals surface area contributed by atoms with Crippen LogP contribution in [0.3, 0.4) is 0 Å². The van der Waals surface area contributed by atoms with Crippen molar-refractivity contribution >= 4 is 17.7 Å². The van der Waals surface area contributed by atoms with Crippen LogP contribution in [0.1, 0.15) is 30.9 Å². The van der Waals surface area contributed by atoms with Crippen molar-refractivity contribution in [2.24, 2.45) is 0 Å². The van der Waals surface area contributed by atoms with E-state index in [1.165, 1.54) is 6.08 Å². The number of benzene rings is 1. The Morgan fingerprint density at radius 2 is 2.24 bits per heavy atom. The number of hydrogen-bond donors (Lipinski definition) is 1. The Kier molecular flexibility index (Phi) is 5.27. The van der Waals surface area contributed by atoms with Gasteiger partial charge in [-0.3, -0.25) is 0 Å². The molecule has 0 fully saturated rings. The van der Waals surface area contributed by atoms with Crippen molar-refractivity contribution in [2.75, 3.05) is 12.3 Å². The number of esters is 1. The lowest BCUT2D eigenvalue weighted by atomic mass is 10.1. The summed E-state index contributed by atoms with van der Waals surface area (Å²) in [6.07, 6.45) is 5.11. The number of unbranched alkanes of at least 4 members (excludes halogenated alkanes) is 1. The highest BCUT2D eigenvalue weighted by molar-refractivity contribution is 5.87. The van der Waals surface area contributed by atoms with Gasteiger partial charge in [0.2, 0.25) is 0 Å². The van der Waals surface area contributed by atoms with E-state index in [0.717, 1.165) is 29.7 Å². The second-order valence-corrected chi connectivity index (χ2v) is 3.97. The van der Waals surface area contributed by atoms with Crippen molar-refractivity contribution < 1.29 is 9.53 Å². The van der Waals surface area contributed by atoms with Gasteiger partial charge in [0.25, 0.3) is 0 Å². The van der Waals surface area contributed by atoms with Gasteiger partial charge in [0.1, 0.15) is 0 Å². The van der Waals surface area contributed by atoms with E-state index in [1.807, 2.05) is 25.1 Å². The van der Waals surface area contributed by atoms with Crippen LogP contribution in [0, 0.1) is 6.92 Å². The monoisotopic (exact) mass is 233 g/mol. The van der Waals surface area contributed by atoms with E-state index in [-0.39, 0.29) is 5.97 Å². The average molecular weight is 233 g/mol. The molecule has 0 aliphatic heterocycles. The van der Waals surface area contributed by atoms with Gasteiger partial charge < -0.3 is 10.5 Å². The van der Waals surface area contributed by atoms with Crippen LogP contribution in [-0.4, -0.2) is 12.6 Å². The Morgan fingerprint density at radius 1 is 1.47 bits per heavy atom. The van der Waals surface area contributed by atoms with Crippen molar-refractivity contribution in [3.63, 3.8) is 0 Å². The fraction of sp³-hybridized carbons (Fsp3) is 0.357. The molecule has 0 radical (unpaired) electrons. The largest absolute Gasteiger partial charge is 0.463 e. The summed E-state index contributed by atoms with van der Waals surface area (Å²) in [7, 11) is 0. The first-order valence-electron chi connectivity index (χ1n) is 5.84. The lowest BCUT2D eigenvalue weighted by Crippen LogP contribution is -2.01. The highest BCUT2D eigenvalue weighted by Crippen LogP contribution is 2.13. The maximum Gasteiger partial charge on any atom is 0.330 e. The second-order valence-electron chi connectivity index (χ2n) is 3.97. The normalized spacial score (nSPS) is 10.7. The van der Waals surface area contributed by atoms with E-state index < -0.39 is 0 Å². The fourth-order valence-corrected chi connectivity index (χ4v) is 1.33. The molecular weight excluding hydrogens is 214 g/mol. The molecule has 3 nitrogen and oxygen atoms in total. The molecule has 0 spiro atoms. The highest BCUT2D eigenvalue weighted by Gasteiger charge is 1.97. The van der Waals surface area contributed by atoms with Gasteiger partial charge in [0, 0.05) is 11.8 Å². The van der Waals surface area contributed by atoms with Gasteiger partial charge in [0.05, 0.1) is 6.61 Å². The maximum atomic E-state index is 11.3. The molecule has 1 aromatic carbocycles. The molecular formula is C14H19NO2. The molecule has 3 heteroatoms. The van der Waals surface area contributed by atoms with Crippen LogP contribution < -0.4 is 5.73 Å². The Hall–Kier alpha value is -1.77. The first kappa shape index (κ1) is 13.3. The number of aryl methyl sites for hydroxylation is 1. The van der Waals surface area contributed by atoms with Crippen LogP contribution in [0.5, 0.6) is 0 Å². The van der Waals surface area contributed by atoms with Gasteiger partial charge in [-0.2, -0.15) is 0 Å². The van der Waals surface area contributed by atoms with Gasteiger partial charge >= 0.3 is 5.97 Å². The molecule has 2 N–H and O–H groups in total. The molecule has 0 aromatic heterocycles. The van der Waals surface area contributed by atoms with Crippen LogP contribution in [0.2, 0.25) is 0 Å². The molecule has 0 saturated carbocycles.